The SMILES string of the molecule is Cc1ccc(NC(=O)c2c(NC(=O)[C@H](C)Oc3cccc(Cl)c3)sc3c2CC[C@@H](C)C3)cc1. The lowest BCUT2D eigenvalue weighted by Crippen LogP contribution is -2.30. The van der Waals surface area contributed by atoms with Crippen molar-refractivity contribution in [3.8, 4) is 5.75 Å². The minimum atomic E-state index is -0.755. The Bertz CT molecular complexity index is 1170. The van der Waals surface area contributed by atoms with E-state index in [1.807, 2.05) is 31.2 Å². The summed E-state index contributed by atoms with van der Waals surface area (Å²) >= 11 is 7.51. The van der Waals surface area contributed by atoms with Gasteiger partial charge < -0.3 is 15.4 Å². The molecule has 7 heteroatoms. The first-order valence-corrected chi connectivity index (χ1v) is 12.2. The first kappa shape index (κ1) is 23.3. The third-order valence-corrected chi connectivity index (χ3v) is 7.17. The number of anilines is 2. The molecular formula is C26H27ClN2O3S. The van der Waals surface area contributed by atoms with E-state index in [1.54, 1.807) is 31.2 Å². The van der Waals surface area contributed by atoms with E-state index in [1.165, 1.54) is 16.2 Å². The number of benzene rings is 2. The summed E-state index contributed by atoms with van der Waals surface area (Å²) in [4.78, 5) is 27.4. The quantitative estimate of drug-likeness (QED) is 0.421. The number of aryl methyl sites for hydroxylation is 1. The minimum Gasteiger partial charge on any atom is -0.481 e. The molecule has 0 spiro atoms. The number of hydrogen-bond acceptors (Lipinski definition) is 4. The molecule has 2 amide bonds. The predicted octanol–water partition coefficient (Wildman–Crippen LogP) is 6.49. The van der Waals surface area contributed by atoms with Crippen LogP contribution in [0.4, 0.5) is 10.7 Å². The molecule has 1 heterocycles. The fourth-order valence-electron chi connectivity index (χ4n) is 3.92. The van der Waals surface area contributed by atoms with Gasteiger partial charge in [-0.2, -0.15) is 0 Å². The van der Waals surface area contributed by atoms with Crippen LogP contribution in [0.15, 0.2) is 48.5 Å². The summed E-state index contributed by atoms with van der Waals surface area (Å²) in [6, 6.07) is 14.6. The highest BCUT2D eigenvalue weighted by atomic mass is 35.5. The van der Waals surface area contributed by atoms with Crippen LogP contribution < -0.4 is 15.4 Å². The van der Waals surface area contributed by atoms with Crippen LogP contribution in [0.3, 0.4) is 0 Å². The second kappa shape index (κ2) is 9.98. The van der Waals surface area contributed by atoms with Crippen LogP contribution in [0.5, 0.6) is 5.75 Å². The Kier molecular flexibility index (Phi) is 7.05. The summed E-state index contributed by atoms with van der Waals surface area (Å²) in [5.74, 6) is 0.551. The van der Waals surface area contributed by atoms with Gasteiger partial charge in [-0.1, -0.05) is 42.3 Å². The monoisotopic (exact) mass is 482 g/mol. The third kappa shape index (κ3) is 5.57. The van der Waals surface area contributed by atoms with Crippen molar-refractivity contribution in [2.24, 2.45) is 5.92 Å². The largest absolute Gasteiger partial charge is 0.481 e. The van der Waals surface area contributed by atoms with Crippen LogP contribution in [0.1, 0.15) is 46.6 Å². The number of thiophene rings is 1. The van der Waals surface area contributed by atoms with Gasteiger partial charge in [0, 0.05) is 15.6 Å². The van der Waals surface area contributed by atoms with E-state index in [0.717, 1.165) is 36.1 Å². The number of hydrogen-bond donors (Lipinski definition) is 2. The van der Waals surface area contributed by atoms with Gasteiger partial charge in [-0.05, 0) is 74.9 Å². The Labute approximate surface area is 203 Å². The first-order chi connectivity index (χ1) is 15.8. The van der Waals surface area contributed by atoms with E-state index in [-0.39, 0.29) is 11.8 Å². The summed E-state index contributed by atoms with van der Waals surface area (Å²) in [5, 5.41) is 7.06. The van der Waals surface area contributed by atoms with E-state index in [2.05, 4.69) is 17.6 Å². The second-order valence-corrected chi connectivity index (χ2v) is 10.1. The summed E-state index contributed by atoms with van der Waals surface area (Å²) in [6.07, 6.45) is 2.01. The van der Waals surface area contributed by atoms with Crippen LogP contribution in [0.2, 0.25) is 5.02 Å². The average Bonchev–Trinajstić information content (AvgIpc) is 3.12. The molecule has 2 aromatic carbocycles. The molecule has 3 aromatic rings. The van der Waals surface area contributed by atoms with Crippen molar-refractivity contribution < 1.29 is 14.3 Å². The number of carbonyl (C=O) groups is 2. The average molecular weight is 483 g/mol. The minimum absolute atomic E-state index is 0.204. The molecule has 172 valence electrons. The molecule has 1 aliphatic rings. The van der Waals surface area contributed by atoms with Crippen molar-refractivity contribution in [1.29, 1.82) is 0 Å². The molecule has 0 aliphatic heterocycles. The van der Waals surface area contributed by atoms with E-state index >= 15 is 0 Å². The number of fused-ring (bicyclic) bond motifs is 1. The highest BCUT2D eigenvalue weighted by Gasteiger charge is 2.29. The Morgan fingerprint density at radius 2 is 1.91 bits per heavy atom. The molecule has 0 unspecified atom stereocenters. The van der Waals surface area contributed by atoms with Gasteiger partial charge in [-0.3, -0.25) is 9.59 Å². The molecule has 0 radical (unpaired) electrons. The Balaban J connectivity index is 1.57. The predicted molar refractivity (Wildman–Crippen MR) is 135 cm³/mol. The van der Waals surface area contributed by atoms with E-state index in [9.17, 15) is 9.59 Å². The maximum atomic E-state index is 13.3. The third-order valence-electron chi connectivity index (χ3n) is 5.76. The van der Waals surface area contributed by atoms with Crippen molar-refractivity contribution in [2.45, 2.75) is 46.1 Å². The van der Waals surface area contributed by atoms with Gasteiger partial charge in [0.25, 0.3) is 11.8 Å². The second-order valence-electron chi connectivity index (χ2n) is 8.58. The number of amides is 2. The zero-order chi connectivity index (χ0) is 23.5. The normalized spacial score (nSPS) is 15.9. The van der Waals surface area contributed by atoms with Gasteiger partial charge in [0.15, 0.2) is 6.10 Å². The summed E-state index contributed by atoms with van der Waals surface area (Å²) in [6.45, 7) is 5.90. The lowest BCUT2D eigenvalue weighted by molar-refractivity contribution is -0.122. The molecule has 1 aliphatic carbocycles. The fraction of sp³-hybridized carbons (Fsp3) is 0.308. The summed E-state index contributed by atoms with van der Waals surface area (Å²) in [5.41, 5.74) is 3.45. The highest BCUT2D eigenvalue weighted by Crippen LogP contribution is 2.40. The number of ether oxygens (including phenoxy) is 1. The number of nitrogens with one attached hydrogen (secondary N) is 2. The maximum Gasteiger partial charge on any atom is 0.265 e. The van der Waals surface area contributed by atoms with Crippen LogP contribution in [0, 0.1) is 12.8 Å². The standard InChI is InChI=1S/C26H27ClN2O3S/c1-15-7-10-19(11-8-15)28-25(31)23-21-12-9-16(2)13-22(21)33-26(23)29-24(30)17(3)32-20-6-4-5-18(27)14-20/h4-8,10-11,14,16-17H,9,12-13H2,1-3H3,(H,28,31)(H,29,30)/t16-,17+/m1/s1. The Hall–Kier alpha value is -2.83. The number of rotatable bonds is 6. The van der Waals surface area contributed by atoms with Gasteiger partial charge in [0.2, 0.25) is 0 Å². The molecule has 0 saturated carbocycles. The smallest absolute Gasteiger partial charge is 0.265 e. The lowest BCUT2D eigenvalue weighted by atomic mass is 9.88. The number of halogens is 1. The maximum absolute atomic E-state index is 13.3. The zero-order valence-corrected chi connectivity index (χ0v) is 20.5. The van der Waals surface area contributed by atoms with E-state index in [0.29, 0.717) is 27.3 Å². The summed E-state index contributed by atoms with van der Waals surface area (Å²) < 4.78 is 5.76. The number of carbonyl (C=O) groups excluding carboxylic acids is 2. The van der Waals surface area contributed by atoms with Crippen molar-refractivity contribution in [3.63, 3.8) is 0 Å². The molecule has 2 atom stereocenters. The van der Waals surface area contributed by atoms with Gasteiger partial charge in [-0.25, -0.2) is 0 Å². The van der Waals surface area contributed by atoms with Crippen LogP contribution >= 0.6 is 22.9 Å². The van der Waals surface area contributed by atoms with E-state index < -0.39 is 6.10 Å². The van der Waals surface area contributed by atoms with Crippen molar-refractivity contribution >= 4 is 45.4 Å². The van der Waals surface area contributed by atoms with Gasteiger partial charge >= 0.3 is 0 Å². The Morgan fingerprint density at radius 1 is 1.15 bits per heavy atom. The molecule has 5 nitrogen and oxygen atoms in total. The fourth-order valence-corrected chi connectivity index (χ4v) is 5.51. The molecule has 0 fully saturated rings. The Morgan fingerprint density at radius 3 is 2.64 bits per heavy atom. The molecular weight excluding hydrogens is 456 g/mol. The molecule has 1 aromatic heterocycles. The topological polar surface area (TPSA) is 67.4 Å². The van der Waals surface area contributed by atoms with Crippen LogP contribution in [-0.4, -0.2) is 17.9 Å². The van der Waals surface area contributed by atoms with E-state index in [4.69, 9.17) is 16.3 Å². The van der Waals surface area contributed by atoms with Crippen molar-refractivity contribution in [3.05, 3.63) is 75.1 Å². The van der Waals surface area contributed by atoms with Crippen molar-refractivity contribution in [2.75, 3.05) is 10.6 Å². The molecule has 33 heavy (non-hydrogen) atoms. The molecule has 0 bridgehead atoms. The van der Waals surface area contributed by atoms with Gasteiger partial charge in [0.05, 0.1) is 5.56 Å². The molecule has 4 rings (SSSR count). The summed E-state index contributed by atoms with van der Waals surface area (Å²) in [7, 11) is 0. The first-order valence-electron chi connectivity index (χ1n) is 11.1. The zero-order valence-electron chi connectivity index (χ0n) is 18.9. The van der Waals surface area contributed by atoms with Crippen LogP contribution in [-0.2, 0) is 17.6 Å². The molecule has 0 saturated heterocycles. The van der Waals surface area contributed by atoms with Crippen LogP contribution in [0.25, 0.3) is 0 Å². The molecule has 2 N–H and O–H groups in total. The van der Waals surface area contributed by atoms with Crippen molar-refractivity contribution in [1.82, 2.24) is 0 Å². The van der Waals surface area contributed by atoms with Gasteiger partial charge in [-0.15, -0.1) is 11.3 Å². The lowest BCUT2D eigenvalue weighted by Gasteiger charge is -2.19. The highest BCUT2D eigenvalue weighted by molar-refractivity contribution is 7.17. The van der Waals surface area contributed by atoms with Gasteiger partial charge in [0.1, 0.15) is 10.8 Å².